The fraction of sp³-hybridized carbons (Fsp3) is 0.167. The number of carbonyl (C=O) groups excluding carboxylic acids is 1. The number of thiazole rings is 1. The van der Waals surface area contributed by atoms with Gasteiger partial charge in [0.15, 0.2) is 0 Å². The van der Waals surface area contributed by atoms with Crippen LogP contribution in [0.1, 0.15) is 10.6 Å². The molecule has 3 heteroatoms. The summed E-state index contributed by atoms with van der Waals surface area (Å²) in [6.45, 7) is 0. The molecule has 0 unspecified atom stereocenters. The van der Waals surface area contributed by atoms with Crippen LogP contribution < -0.4 is 0 Å². The number of ketones is 1. The minimum atomic E-state index is 0.219. The van der Waals surface area contributed by atoms with Gasteiger partial charge in [-0.1, -0.05) is 30.3 Å². The molecule has 0 fully saturated rings. The molecular formula is C12H11NOS. The number of rotatable bonds is 4. The van der Waals surface area contributed by atoms with Crippen molar-refractivity contribution in [2.45, 2.75) is 12.8 Å². The number of hydrogen-bond acceptors (Lipinski definition) is 3. The Morgan fingerprint density at radius 3 is 2.67 bits per heavy atom. The molecular weight excluding hydrogens is 206 g/mol. The molecule has 0 aliphatic carbocycles. The van der Waals surface area contributed by atoms with Crippen molar-refractivity contribution in [3.05, 3.63) is 52.5 Å². The summed E-state index contributed by atoms with van der Waals surface area (Å²) in [6, 6.07) is 9.80. The monoisotopic (exact) mass is 217 g/mol. The lowest BCUT2D eigenvalue weighted by Gasteiger charge is -1.98. The molecule has 0 amide bonds. The Bertz CT molecular complexity index is 422. The van der Waals surface area contributed by atoms with Crippen molar-refractivity contribution in [3.63, 3.8) is 0 Å². The third kappa shape index (κ3) is 2.99. The zero-order chi connectivity index (χ0) is 10.5. The van der Waals surface area contributed by atoms with Gasteiger partial charge in [0.25, 0.3) is 0 Å². The Balaban J connectivity index is 1.94. The third-order valence-corrected chi connectivity index (χ3v) is 2.86. The Labute approximate surface area is 92.6 Å². The Morgan fingerprint density at radius 1 is 1.20 bits per heavy atom. The van der Waals surface area contributed by atoms with Crippen LogP contribution in [-0.2, 0) is 17.6 Å². The highest BCUT2D eigenvalue weighted by atomic mass is 32.1. The average Bonchev–Trinajstić information content (AvgIpc) is 2.71. The largest absolute Gasteiger partial charge is 0.299 e. The number of Topliss-reactive ketones (excluding diaryl/α,β-unsaturated/α-hetero) is 1. The van der Waals surface area contributed by atoms with E-state index in [0.717, 1.165) is 10.6 Å². The molecule has 0 bridgehead atoms. The maximum atomic E-state index is 11.6. The minimum Gasteiger partial charge on any atom is -0.299 e. The second kappa shape index (κ2) is 4.84. The van der Waals surface area contributed by atoms with Crippen LogP contribution in [0.15, 0.2) is 41.9 Å². The molecule has 0 radical (unpaired) electrons. The lowest BCUT2D eigenvalue weighted by atomic mass is 10.1. The molecule has 0 aliphatic heterocycles. The molecule has 0 saturated heterocycles. The second-order valence-electron chi connectivity index (χ2n) is 3.30. The first-order valence-corrected chi connectivity index (χ1v) is 5.66. The van der Waals surface area contributed by atoms with Crippen LogP contribution in [-0.4, -0.2) is 10.8 Å². The predicted molar refractivity (Wildman–Crippen MR) is 61.0 cm³/mol. The van der Waals surface area contributed by atoms with E-state index < -0.39 is 0 Å². The van der Waals surface area contributed by atoms with E-state index in [0.29, 0.717) is 12.8 Å². The number of nitrogens with zero attached hydrogens (tertiary/aromatic N) is 1. The summed E-state index contributed by atoms with van der Waals surface area (Å²) < 4.78 is 0. The predicted octanol–water partition coefficient (Wildman–Crippen LogP) is 2.50. The topological polar surface area (TPSA) is 30.0 Å². The van der Waals surface area contributed by atoms with Gasteiger partial charge < -0.3 is 0 Å². The van der Waals surface area contributed by atoms with Crippen LogP contribution in [0.25, 0.3) is 0 Å². The average molecular weight is 217 g/mol. The van der Waals surface area contributed by atoms with Crippen molar-refractivity contribution in [2.75, 3.05) is 0 Å². The molecule has 0 spiro atoms. The van der Waals surface area contributed by atoms with E-state index >= 15 is 0 Å². The van der Waals surface area contributed by atoms with Gasteiger partial charge in [0.2, 0.25) is 0 Å². The fourth-order valence-electron chi connectivity index (χ4n) is 1.39. The molecule has 1 heterocycles. The highest BCUT2D eigenvalue weighted by Crippen LogP contribution is 2.07. The van der Waals surface area contributed by atoms with E-state index in [1.165, 1.54) is 11.3 Å². The Hall–Kier alpha value is -1.48. The molecule has 0 N–H and O–H groups in total. The van der Waals surface area contributed by atoms with Gasteiger partial charge in [-0.05, 0) is 5.56 Å². The summed E-state index contributed by atoms with van der Waals surface area (Å²) in [4.78, 5) is 15.7. The summed E-state index contributed by atoms with van der Waals surface area (Å²) in [5.74, 6) is 0.219. The molecule has 2 nitrogen and oxygen atoms in total. The van der Waals surface area contributed by atoms with E-state index in [9.17, 15) is 4.79 Å². The first-order valence-electron chi connectivity index (χ1n) is 4.78. The van der Waals surface area contributed by atoms with Gasteiger partial charge in [0, 0.05) is 18.0 Å². The van der Waals surface area contributed by atoms with Crippen molar-refractivity contribution >= 4 is 17.1 Å². The zero-order valence-corrected chi connectivity index (χ0v) is 9.04. The molecule has 2 rings (SSSR count). The summed E-state index contributed by atoms with van der Waals surface area (Å²) >= 11 is 1.53. The lowest BCUT2D eigenvalue weighted by Crippen LogP contribution is -2.05. The highest BCUT2D eigenvalue weighted by Gasteiger charge is 2.06. The normalized spacial score (nSPS) is 10.1. The third-order valence-electron chi connectivity index (χ3n) is 2.08. The second-order valence-corrected chi connectivity index (χ2v) is 4.28. The molecule has 15 heavy (non-hydrogen) atoms. The van der Waals surface area contributed by atoms with E-state index in [1.807, 2.05) is 35.7 Å². The van der Waals surface area contributed by atoms with Crippen molar-refractivity contribution < 1.29 is 4.79 Å². The van der Waals surface area contributed by atoms with Gasteiger partial charge in [-0.25, -0.2) is 4.98 Å². The molecule has 1 aromatic heterocycles. The van der Waals surface area contributed by atoms with Gasteiger partial charge in [-0.3, -0.25) is 4.79 Å². The maximum Gasteiger partial charge on any atom is 0.144 e. The number of benzene rings is 1. The maximum absolute atomic E-state index is 11.6. The smallest absolute Gasteiger partial charge is 0.144 e. The van der Waals surface area contributed by atoms with E-state index in [4.69, 9.17) is 0 Å². The van der Waals surface area contributed by atoms with Crippen LogP contribution in [0.2, 0.25) is 0 Å². The standard InChI is InChI=1S/C12H11NOS/c14-11(9-12-13-6-7-15-12)8-10-4-2-1-3-5-10/h1-7H,8-9H2. The van der Waals surface area contributed by atoms with Gasteiger partial charge in [-0.15, -0.1) is 11.3 Å². The van der Waals surface area contributed by atoms with E-state index in [1.54, 1.807) is 6.20 Å². The van der Waals surface area contributed by atoms with Crippen molar-refractivity contribution in [1.82, 2.24) is 4.98 Å². The SMILES string of the molecule is O=C(Cc1ccccc1)Cc1nccs1. The number of carbonyl (C=O) groups is 1. The zero-order valence-electron chi connectivity index (χ0n) is 8.22. The molecule has 76 valence electrons. The summed E-state index contributed by atoms with van der Waals surface area (Å²) in [7, 11) is 0. The quantitative estimate of drug-likeness (QED) is 0.787. The first-order chi connectivity index (χ1) is 7.34. The lowest BCUT2D eigenvalue weighted by molar-refractivity contribution is -0.117. The first kappa shape index (κ1) is 10.1. The van der Waals surface area contributed by atoms with Crippen LogP contribution in [0.5, 0.6) is 0 Å². The van der Waals surface area contributed by atoms with Crippen LogP contribution in [0, 0.1) is 0 Å². The number of aromatic nitrogens is 1. The van der Waals surface area contributed by atoms with Crippen molar-refractivity contribution in [1.29, 1.82) is 0 Å². The van der Waals surface area contributed by atoms with Crippen LogP contribution in [0.3, 0.4) is 0 Å². The van der Waals surface area contributed by atoms with Gasteiger partial charge in [0.05, 0.1) is 11.4 Å². The molecule has 1 aromatic carbocycles. The fourth-order valence-corrected chi connectivity index (χ4v) is 2.04. The Morgan fingerprint density at radius 2 is 2.00 bits per heavy atom. The van der Waals surface area contributed by atoms with E-state index in [-0.39, 0.29) is 5.78 Å². The van der Waals surface area contributed by atoms with Gasteiger partial charge in [0.1, 0.15) is 5.78 Å². The highest BCUT2D eigenvalue weighted by molar-refractivity contribution is 7.09. The summed E-state index contributed by atoms with van der Waals surface area (Å²) in [5, 5.41) is 2.79. The molecule has 0 atom stereocenters. The van der Waals surface area contributed by atoms with E-state index in [2.05, 4.69) is 4.98 Å². The van der Waals surface area contributed by atoms with Crippen molar-refractivity contribution in [2.24, 2.45) is 0 Å². The minimum absolute atomic E-state index is 0.219. The van der Waals surface area contributed by atoms with Crippen LogP contribution in [0.4, 0.5) is 0 Å². The number of hydrogen-bond donors (Lipinski definition) is 0. The molecule has 0 saturated carbocycles. The van der Waals surface area contributed by atoms with Crippen LogP contribution >= 0.6 is 11.3 Å². The summed E-state index contributed by atoms with van der Waals surface area (Å²) in [5.41, 5.74) is 1.07. The van der Waals surface area contributed by atoms with Crippen molar-refractivity contribution in [3.8, 4) is 0 Å². The molecule has 2 aromatic rings. The van der Waals surface area contributed by atoms with Gasteiger partial charge >= 0.3 is 0 Å². The summed E-state index contributed by atoms with van der Waals surface area (Å²) in [6.07, 6.45) is 2.68. The Kier molecular flexibility index (Phi) is 3.25. The van der Waals surface area contributed by atoms with Gasteiger partial charge in [-0.2, -0.15) is 0 Å². The molecule has 0 aliphatic rings.